The number of ether oxygens (including phenoxy) is 1. The average molecular weight is 367 g/mol. The highest BCUT2D eigenvalue weighted by molar-refractivity contribution is 7.99. The zero-order valence-electron chi connectivity index (χ0n) is 15.2. The van der Waals surface area contributed by atoms with Gasteiger partial charge in [0.25, 0.3) is 5.56 Å². The van der Waals surface area contributed by atoms with E-state index in [-0.39, 0.29) is 11.2 Å². The summed E-state index contributed by atoms with van der Waals surface area (Å²) >= 11 is 1.54. The number of hydrogen-bond acceptors (Lipinski definition) is 5. The van der Waals surface area contributed by atoms with Gasteiger partial charge in [-0.2, -0.15) is 0 Å². The van der Waals surface area contributed by atoms with Crippen molar-refractivity contribution in [2.24, 2.45) is 0 Å². The molecule has 1 aromatic carbocycles. The van der Waals surface area contributed by atoms with Gasteiger partial charge in [0, 0.05) is 6.42 Å². The number of pyridine rings is 1. The molecule has 3 heterocycles. The van der Waals surface area contributed by atoms with Gasteiger partial charge in [0.2, 0.25) is 0 Å². The minimum Gasteiger partial charge on any atom is -0.369 e. The number of nitrogens with zero attached hydrogens (tertiary/aromatic N) is 3. The second-order valence-electron chi connectivity index (χ2n) is 6.99. The standard InChI is InChI=1S/C20H21N3O2S/c1-4-26-19-22-17-15(18(24)23(19)14-8-6-5-7-9-14)10-13-11-20(2,3)25-12-16(13)21-17/h5-10H,4,11-12H2,1-3H3. The van der Waals surface area contributed by atoms with E-state index in [9.17, 15) is 4.79 Å². The third-order valence-corrected chi connectivity index (χ3v) is 5.32. The van der Waals surface area contributed by atoms with Crippen molar-refractivity contribution in [3.63, 3.8) is 0 Å². The largest absolute Gasteiger partial charge is 0.369 e. The Morgan fingerprint density at radius 3 is 2.73 bits per heavy atom. The van der Waals surface area contributed by atoms with Crippen LogP contribution in [0.25, 0.3) is 16.7 Å². The monoisotopic (exact) mass is 367 g/mol. The van der Waals surface area contributed by atoms with Gasteiger partial charge in [-0.05, 0) is 43.4 Å². The van der Waals surface area contributed by atoms with Crippen LogP contribution in [0.3, 0.4) is 0 Å². The van der Waals surface area contributed by atoms with Crippen LogP contribution in [-0.2, 0) is 17.8 Å². The Morgan fingerprint density at radius 2 is 2.00 bits per heavy atom. The summed E-state index contributed by atoms with van der Waals surface area (Å²) in [5.41, 5.74) is 2.96. The summed E-state index contributed by atoms with van der Waals surface area (Å²) in [6.45, 7) is 6.62. The molecule has 0 aliphatic carbocycles. The molecule has 0 unspecified atom stereocenters. The van der Waals surface area contributed by atoms with Gasteiger partial charge in [-0.25, -0.2) is 9.97 Å². The van der Waals surface area contributed by atoms with E-state index in [4.69, 9.17) is 9.72 Å². The Kier molecular flexibility index (Phi) is 4.32. The Labute approximate surface area is 156 Å². The van der Waals surface area contributed by atoms with Crippen LogP contribution in [0.5, 0.6) is 0 Å². The van der Waals surface area contributed by atoms with E-state index in [2.05, 4.69) is 18.8 Å². The lowest BCUT2D eigenvalue weighted by atomic mass is 9.94. The molecule has 0 saturated carbocycles. The van der Waals surface area contributed by atoms with Gasteiger partial charge in [0.1, 0.15) is 0 Å². The van der Waals surface area contributed by atoms with Gasteiger partial charge >= 0.3 is 0 Å². The van der Waals surface area contributed by atoms with Crippen molar-refractivity contribution < 1.29 is 4.74 Å². The quantitative estimate of drug-likeness (QED) is 0.521. The molecule has 0 radical (unpaired) electrons. The Morgan fingerprint density at radius 1 is 1.23 bits per heavy atom. The molecule has 0 spiro atoms. The van der Waals surface area contributed by atoms with Gasteiger partial charge in [-0.1, -0.05) is 36.9 Å². The summed E-state index contributed by atoms with van der Waals surface area (Å²) in [7, 11) is 0. The minimum atomic E-state index is -0.244. The van der Waals surface area contributed by atoms with E-state index in [0.717, 1.165) is 29.1 Å². The lowest BCUT2D eigenvalue weighted by Crippen LogP contribution is -2.33. The topological polar surface area (TPSA) is 57.0 Å². The smallest absolute Gasteiger partial charge is 0.268 e. The molecule has 0 atom stereocenters. The van der Waals surface area contributed by atoms with Gasteiger partial charge in [0.05, 0.1) is 29.0 Å². The molecule has 3 aromatic rings. The Bertz CT molecular complexity index is 1030. The predicted octanol–water partition coefficient (Wildman–Crippen LogP) is 3.74. The summed E-state index contributed by atoms with van der Waals surface area (Å²) in [5.74, 6) is 0.826. The zero-order chi connectivity index (χ0) is 18.3. The molecular weight excluding hydrogens is 346 g/mol. The summed E-state index contributed by atoms with van der Waals surface area (Å²) in [6.07, 6.45) is 0.738. The molecule has 0 saturated heterocycles. The van der Waals surface area contributed by atoms with Crippen molar-refractivity contribution in [3.05, 3.63) is 58.0 Å². The average Bonchev–Trinajstić information content (AvgIpc) is 2.61. The Balaban J connectivity index is 1.98. The maximum absolute atomic E-state index is 13.3. The molecule has 0 fully saturated rings. The second-order valence-corrected chi connectivity index (χ2v) is 8.23. The first-order valence-electron chi connectivity index (χ1n) is 8.76. The fourth-order valence-electron chi connectivity index (χ4n) is 3.25. The fraction of sp³-hybridized carbons (Fsp3) is 0.350. The van der Waals surface area contributed by atoms with Crippen LogP contribution in [0.15, 0.2) is 46.3 Å². The maximum atomic E-state index is 13.3. The first-order valence-corrected chi connectivity index (χ1v) is 9.75. The third kappa shape index (κ3) is 3.04. The molecule has 134 valence electrons. The van der Waals surface area contributed by atoms with Crippen LogP contribution in [0.4, 0.5) is 0 Å². The number of para-hydroxylation sites is 1. The second kappa shape index (κ2) is 6.52. The number of benzene rings is 1. The molecule has 0 N–H and O–H groups in total. The molecular formula is C20H21N3O2S. The van der Waals surface area contributed by atoms with Crippen molar-refractivity contribution in [2.75, 3.05) is 5.75 Å². The molecule has 26 heavy (non-hydrogen) atoms. The fourth-order valence-corrected chi connectivity index (χ4v) is 3.98. The van der Waals surface area contributed by atoms with Crippen molar-refractivity contribution in [1.29, 1.82) is 0 Å². The molecule has 0 amide bonds. The number of thioether (sulfide) groups is 1. The van der Waals surface area contributed by atoms with Gasteiger partial charge in [-0.15, -0.1) is 0 Å². The molecule has 1 aliphatic rings. The lowest BCUT2D eigenvalue weighted by Gasteiger charge is -2.31. The number of fused-ring (bicyclic) bond motifs is 2. The maximum Gasteiger partial charge on any atom is 0.268 e. The molecule has 6 heteroatoms. The predicted molar refractivity (Wildman–Crippen MR) is 104 cm³/mol. The number of rotatable bonds is 3. The first-order chi connectivity index (χ1) is 12.5. The van der Waals surface area contributed by atoms with Crippen molar-refractivity contribution >= 4 is 22.8 Å². The van der Waals surface area contributed by atoms with Crippen LogP contribution >= 0.6 is 11.8 Å². The van der Waals surface area contributed by atoms with Crippen LogP contribution < -0.4 is 5.56 Å². The molecule has 5 nitrogen and oxygen atoms in total. The van der Waals surface area contributed by atoms with Crippen molar-refractivity contribution in [2.45, 2.75) is 44.6 Å². The zero-order valence-corrected chi connectivity index (χ0v) is 16.0. The van der Waals surface area contributed by atoms with Crippen LogP contribution in [0.2, 0.25) is 0 Å². The van der Waals surface area contributed by atoms with Crippen LogP contribution in [-0.4, -0.2) is 25.9 Å². The summed E-state index contributed by atoms with van der Waals surface area (Å²) in [6, 6.07) is 11.6. The Hall–Kier alpha value is -2.18. The van der Waals surface area contributed by atoms with Gasteiger partial charge < -0.3 is 4.74 Å². The highest BCUT2D eigenvalue weighted by Crippen LogP contribution is 2.29. The highest BCUT2D eigenvalue weighted by atomic mass is 32.2. The van der Waals surface area contributed by atoms with Crippen molar-refractivity contribution in [1.82, 2.24) is 14.5 Å². The summed E-state index contributed by atoms with van der Waals surface area (Å²) in [4.78, 5) is 22.7. The van der Waals surface area contributed by atoms with Gasteiger partial charge in [-0.3, -0.25) is 9.36 Å². The number of hydrogen-bond donors (Lipinski definition) is 0. The SMILES string of the molecule is CCSc1nc2nc3c(cc2c(=O)n1-c1ccccc1)CC(C)(C)OC3. The van der Waals surface area contributed by atoms with E-state index in [0.29, 0.717) is 22.8 Å². The number of aromatic nitrogens is 3. The van der Waals surface area contributed by atoms with Crippen molar-refractivity contribution in [3.8, 4) is 5.69 Å². The highest BCUT2D eigenvalue weighted by Gasteiger charge is 2.28. The third-order valence-electron chi connectivity index (χ3n) is 4.50. The van der Waals surface area contributed by atoms with E-state index in [1.54, 1.807) is 16.3 Å². The minimum absolute atomic E-state index is 0.0725. The van der Waals surface area contributed by atoms with E-state index in [1.165, 1.54) is 0 Å². The van der Waals surface area contributed by atoms with E-state index < -0.39 is 0 Å². The normalized spacial score (nSPS) is 15.8. The van der Waals surface area contributed by atoms with Gasteiger partial charge in [0.15, 0.2) is 10.8 Å². The molecule has 4 rings (SSSR count). The first kappa shape index (κ1) is 17.2. The summed E-state index contributed by atoms with van der Waals surface area (Å²) in [5, 5.41) is 1.23. The van der Waals surface area contributed by atoms with E-state index >= 15 is 0 Å². The lowest BCUT2D eigenvalue weighted by molar-refractivity contribution is -0.0418. The van der Waals surface area contributed by atoms with Crippen LogP contribution in [0, 0.1) is 0 Å². The van der Waals surface area contributed by atoms with Crippen LogP contribution in [0.1, 0.15) is 32.0 Å². The molecule has 0 bridgehead atoms. The molecule has 1 aliphatic heterocycles. The summed E-state index contributed by atoms with van der Waals surface area (Å²) < 4.78 is 7.55. The van der Waals surface area contributed by atoms with E-state index in [1.807, 2.05) is 43.3 Å². The molecule has 2 aromatic heterocycles.